The van der Waals surface area contributed by atoms with E-state index in [0.717, 1.165) is 0 Å². The number of amides is 1. The molecule has 0 N–H and O–H groups in total. The van der Waals surface area contributed by atoms with Crippen LogP contribution in [0.25, 0.3) is 10.4 Å². The summed E-state index contributed by atoms with van der Waals surface area (Å²) in [7, 11) is 0. The number of nitrogens with zero attached hydrogens (tertiary/aromatic N) is 4. The number of hydrogen-bond acceptors (Lipinski definition) is 4. The lowest BCUT2D eigenvalue weighted by molar-refractivity contribution is -0.0610. The smallest absolute Gasteiger partial charge is 0.413 e. The highest BCUT2D eigenvalue weighted by Gasteiger charge is 2.44. The van der Waals surface area contributed by atoms with Crippen LogP contribution in [0.3, 0.4) is 0 Å². The normalized spacial score (nSPS) is 21.9. The maximum Gasteiger partial charge on any atom is 0.413 e. The Morgan fingerprint density at radius 2 is 2.25 bits per heavy atom. The van der Waals surface area contributed by atoms with Crippen molar-refractivity contribution in [1.29, 1.82) is 0 Å². The minimum absolute atomic E-state index is 0.228. The summed E-state index contributed by atoms with van der Waals surface area (Å²) in [5, 5.41) is 3.42. The van der Waals surface area contributed by atoms with Crippen LogP contribution in [0.1, 0.15) is 34.6 Å². The third-order valence-electron chi connectivity index (χ3n) is 2.72. The van der Waals surface area contributed by atoms with Crippen LogP contribution in [0.5, 0.6) is 0 Å². The van der Waals surface area contributed by atoms with Crippen molar-refractivity contribution < 1.29 is 14.3 Å². The van der Waals surface area contributed by atoms with Gasteiger partial charge in [-0.25, -0.2) is 4.79 Å². The largest absolute Gasteiger partial charge is 0.444 e. The number of carbonyl (C=O) groups is 1. The predicted octanol–water partition coefficient (Wildman–Crippen LogP) is 3.22. The molecule has 0 saturated carbocycles. The van der Waals surface area contributed by atoms with Gasteiger partial charge in [-0.15, -0.1) is 0 Å². The number of hydrogen-bond donors (Lipinski definition) is 0. The van der Waals surface area contributed by atoms with Crippen molar-refractivity contribution in [2.45, 2.75) is 52.0 Å². The molecule has 0 bridgehead atoms. The number of ether oxygens (including phenoxy) is 2. The van der Waals surface area contributed by atoms with E-state index in [1.54, 1.807) is 17.1 Å². The average molecular weight is 282 g/mol. The maximum atomic E-state index is 12.3. The maximum absolute atomic E-state index is 12.3. The zero-order valence-corrected chi connectivity index (χ0v) is 12.7. The van der Waals surface area contributed by atoms with Crippen LogP contribution in [0, 0.1) is 0 Å². The quantitative estimate of drug-likeness (QED) is 0.344. The molecule has 0 radical (unpaired) electrons. The molecule has 0 aromatic carbocycles. The van der Waals surface area contributed by atoms with Crippen molar-refractivity contribution >= 4 is 6.09 Å². The summed E-state index contributed by atoms with van der Waals surface area (Å²) in [6, 6.07) is -0.228. The molecule has 0 aromatic rings. The Morgan fingerprint density at radius 3 is 2.80 bits per heavy atom. The van der Waals surface area contributed by atoms with E-state index < -0.39 is 17.4 Å². The zero-order valence-electron chi connectivity index (χ0n) is 12.7. The molecule has 0 spiro atoms. The van der Waals surface area contributed by atoms with Gasteiger partial charge in [0.25, 0.3) is 0 Å². The minimum atomic E-state index is -0.726. The van der Waals surface area contributed by atoms with Gasteiger partial charge in [-0.3, -0.25) is 4.90 Å². The molecule has 1 rings (SSSR count). The monoisotopic (exact) mass is 282 g/mol. The topological polar surface area (TPSA) is 87.5 Å². The van der Waals surface area contributed by atoms with E-state index in [-0.39, 0.29) is 12.6 Å². The van der Waals surface area contributed by atoms with Crippen LogP contribution >= 0.6 is 0 Å². The van der Waals surface area contributed by atoms with Gasteiger partial charge in [0.15, 0.2) is 0 Å². The van der Waals surface area contributed by atoms with E-state index in [2.05, 4.69) is 10.0 Å². The molecule has 1 atom stereocenters. The second-order valence-electron chi connectivity index (χ2n) is 6.02. The molecule has 7 heteroatoms. The van der Waals surface area contributed by atoms with Crippen molar-refractivity contribution in [1.82, 2.24) is 4.90 Å². The first-order valence-electron chi connectivity index (χ1n) is 6.51. The fourth-order valence-electron chi connectivity index (χ4n) is 1.94. The van der Waals surface area contributed by atoms with Crippen LogP contribution in [0.2, 0.25) is 0 Å². The van der Waals surface area contributed by atoms with Gasteiger partial charge in [0, 0.05) is 11.5 Å². The lowest BCUT2D eigenvalue weighted by Crippen LogP contribution is -2.49. The van der Waals surface area contributed by atoms with Crippen LogP contribution < -0.4 is 0 Å². The highest BCUT2D eigenvalue weighted by atomic mass is 16.6. The molecule has 1 unspecified atom stereocenters. The van der Waals surface area contributed by atoms with Gasteiger partial charge in [0.05, 0.1) is 12.6 Å². The molecule has 7 nitrogen and oxygen atoms in total. The molecule has 112 valence electrons. The van der Waals surface area contributed by atoms with Gasteiger partial charge in [0.1, 0.15) is 11.3 Å². The first-order chi connectivity index (χ1) is 9.17. The second kappa shape index (κ2) is 6.15. The molecule has 1 saturated heterocycles. The number of azide groups is 1. The molecule has 1 fully saturated rings. The molecule has 1 amide bonds. The van der Waals surface area contributed by atoms with Crippen molar-refractivity contribution in [3.8, 4) is 0 Å². The lowest BCUT2D eigenvalue weighted by atomic mass is 10.2. The molecule has 20 heavy (non-hydrogen) atoms. The fraction of sp³-hybridized carbons (Fsp3) is 0.769. The first kappa shape index (κ1) is 16.3. The van der Waals surface area contributed by atoms with Gasteiger partial charge >= 0.3 is 6.09 Å². The fourth-order valence-corrected chi connectivity index (χ4v) is 1.94. The van der Waals surface area contributed by atoms with Gasteiger partial charge in [-0.05, 0) is 40.1 Å². The van der Waals surface area contributed by atoms with E-state index in [4.69, 9.17) is 15.0 Å². The third-order valence-corrected chi connectivity index (χ3v) is 2.72. The highest BCUT2D eigenvalue weighted by molar-refractivity contribution is 5.70. The van der Waals surface area contributed by atoms with Crippen LogP contribution in [0.4, 0.5) is 4.79 Å². The van der Waals surface area contributed by atoms with E-state index >= 15 is 0 Å². The molecule has 0 aromatic heterocycles. The van der Waals surface area contributed by atoms with Gasteiger partial charge < -0.3 is 9.47 Å². The van der Waals surface area contributed by atoms with Crippen molar-refractivity contribution in [3.05, 3.63) is 22.6 Å². The summed E-state index contributed by atoms with van der Waals surface area (Å²) in [5.74, 6) is 0. The first-order valence-corrected chi connectivity index (χ1v) is 6.51. The average Bonchev–Trinajstić information content (AvgIpc) is 2.58. The minimum Gasteiger partial charge on any atom is -0.444 e. The van der Waals surface area contributed by atoms with Crippen LogP contribution in [0.15, 0.2) is 17.3 Å². The van der Waals surface area contributed by atoms with Crippen molar-refractivity contribution in [3.63, 3.8) is 0 Å². The summed E-state index contributed by atoms with van der Waals surface area (Å²) in [6.07, 6.45) is 3.10. The Bertz CT molecular complexity index is 433. The summed E-state index contributed by atoms with van der Waals surface area (Å²) in [5.41, 5.74) is 6.94. The SMILES string of the molecule is CC(C)(C)OC(=O)N1C(C=CCN=[N+]=[N-])COC1(C)C. The zero-order chi connectivity index (χ0) is 15.4. The van der Waals surface area contributed by atoms with E-state index in [0.29, 0.717) is 6.61 Å². The van der Waals surface area contributed by atoms with Gasteiger partial charge in [0.2, 0.25) is 0 Å². The lowest BCUT2D eigenvalue weighted by Gasteiger charge is -2.34. The number of carbonyl (C=O) groups excluding carboxylic acids is 1. The molecule has 1 aliphatic heterocycles. The second-order valence-corrected chi connectivity index (χ2v) is 6.02. The predicted molar refractivity (Wildman–Crippen MR) is 75.0 cm³/mol. The Kier molecular flexibility index (Phi) is 5.03. The van der Waals surface area contributed by atoms with Crippen LogP contribution in [-0.2, 0) is 9.47 Å². The molecule has 0 aliphatic carbocycles. The standard InChI is InChI=1S/C13H22N4O3/c1-12(2,3)20-11(18)17-10(7-6-8-15-16-14)9-19-13(17,4)5/h6-7,10H,8-9H2,1-5H3. The van der Waals surface area contributed by atoms with Gasteiger partial charge in [-0.1, -0.05) is 17.3 Å². The Hall–Kier alpha value is -1.72. The Balaban J connectivity index is 2.82. The molecule has 1 heterocycles. The number of rotatable bonds is 3. The van der Waals surface area contributed by atoms with E-state index in [1.807, 2.05) is 34.6 Å². The van der Waals surface area contributed by atoms with Crippen LogP contribution in [-0.4, -0.2) is 41.5 Å². The summed E-state index contributed by atoms with van der Waals surface area (Å²) >= 11 is 0. The van der Waals surface area contributed by atoms with Crippen molar-refractivity contribution in [2.75, 3.05) is 13.2 Å². The Labute approximate surface area is 119 Å². The van der Waals surface area contributed by atoms with E-state index in [9.17, 15) is 4.79 Å². The van der Waals surface area contributed by atoms with E-state index in [1.165, 1.54) is 0 Å². The molecular weight excluding hydrogens is 260 g/mol. The molecular formula is C13H22N4O3. The summed E-state index contributed by atoms with van der Waals surface area (Å²) in [4.78, 5) is 16.5. The van der Waals surface area contributed by atoms with Gasteiger partial charge in [-0.2, -0.15) is 0 Å². The third kappa shape index (κ3) is 4.43. The Morgan fingerprint density at radius 1 is 1.60 bits per heavy atom. The summed E-state index contributed by atoms with van der Waals surface area (Å²) in [6.45, 7) is 9.73. The summed E-state index contributed by atoms with van der Waals surface area (Å²) < 4.78 is 11.0. The molecule has 1 aliphatic rings. The van der Waals surface area contributed by atoms with Crippen molar-refractivity contribution in [2.24, 2.45) is 5.11 Å². The highest BCUT2D eigenvalue weighted by Crippen LogP contribution is 2.29.